The first-order valence-electron chi connectivity index (χ1n) is 8.96. The lowest BCUT2D eigenvalue weighted by atomic mass is 10.00. The molecule has 4 heteroatoms. The van der Waals surface area contributed by atoms with Crippen LogP contribution in [-0.4, -0.2) is 23.9 Å². The van der Waals surface area contributed by atoms with Crippen LogP contribution in [-0.2, 0) is 24.3 Å². The number of fused-ring (bicyclic) bond motifs is 1. The minimum absolute atomic E-state index is 0.0898. The van der Waals surface area contributed by atoms with Gasteiger partial charge in [-0.15, -0.1) is 0 Å². The molecule has 2 heterocycles. The maximum absolute atomic E-state index is 13.1. The van der Waals surface area contributed by atoms with E-state index in [-0.39, 0.29) is 5.91 Å². The van der Waals surface area contributed by atoms with Crippen LogP contribution in [0.4, 0.5) is 5.69 Å². The van der Waals surface area contributed by atoms with E-state index in [0.717, 1.165) is 31.0 Å². The first-order valence-corrected chi connectivity index (χ1v) is 8.96. The van der Waals surface area contributed by atoms with Gasteiger partial charge in [0.25, 0.3) is 0 Å². The van der Waals surface area contributed by atoms with Gasteiger partial charge >= 0.3 is 0 Å². The topological polar surface area (TPSA) is 36.7 Å². The number of anilines is 1. The SMILES string of the molecule is O=C(CN1CCc2ccccc2C1)N(Cc1ccco1)c1ccccc1. The summed E-state index contributed by atoms with van der Waals surface area (Å²) in [7, 11) is 0. The summed E-state index contributed by atoms with van der Waals surface area (Å²) in [5.74, 6) is 0.873. The van der Waals surface area contributed by atoms with E-state index in [4.69, 9.17) is 4.42 Å². The number of para-hydroxylation sites is 1. The van der Waals surface area contributed by atoms with E-state index < -0.39 is 0 Å². The highest BCUT2D eigenvalue weighted by Crippen LogP contribution is 2.21. The molecule has 0 saturated carbocycles. The van der Waals surface area contributed by atoms with Crippen LogP contribution in [0.15, 0.2) is 77.4 Å². The second kappa shape index (κ2) is 7.58. The van der Waals surface area contributed by atoms with Crippen LogP contribution in [0.25, 0.3) is 0 Å². The van der Waals surface area contributed by atoms with Crippen LogP contribution in [0.3, 0.4) is 0 Å². The van der Waals surface area contributed by atoms with Crippen molar-refractivity contribution in [2.45, 2.75) is 19.5 Å². The number of rotatable bonds is 5. The molecule has 26 heavy (non-hydrogen) atoms. The molecule has 4 rings (SSSR count). The zero-order chi connectivity index (χ0) is 17.8. The van der Waals surface area contributed by atoms with Crippen molar-refractivity contribution in [1.82, 2.24) is 4.90 Å². The first kappa shape index (κ1) is 16.6. The third kappa shape index (κ3) is 3.70. The molecule has 0 unspecified atom stereocenters. The summed E-state index contributed by atoms with van der Waals surface area (Å²) in [5, 5.41) is 0. The lowest BCUT2D eigenvalue weighted by Gasteiger charge is -2.30. The van der Waals surface area contributed by atoms with E-state index >= 15 is 0 Å². The molecule has 3 aromatic rings. The Balaban J connectivity index is 1.50. The molecule has 0 fully saturated rings. The zero-order valence-corrected chi connectivity index (χ0v) is 14.7. The number of carbonyl (C=O) groups excluding carboxylic acids is 1. The molecule has 0 atom stereocenters. The van der Waals surface area contributed by atoms with Crippen LogP contribution >= 0.6 is 0 Å². The molecule has 0 aliphatic carbocycles. The quantitative estimate of drug-likeness (QED) is 0.704. The summed E-state index contributed by atoms with van der Waals surface area (Å²) < 4.78 is 5.46. The molecule has 1 aromatic heterocycles. The van der Waals surface area contributed by atoms with Crippen LogP contribution in [0.5, 0.6) is 0 Å². The van der Waals surface area contributed by atoms with Crippen molar-refractivity contribution in [1.29, 1.82) is 0 Å². The van der Waals surface area contributed by atoms with Gasteiger partial charge in [0.2, 0.25) is 5.91 Å². The summed E-state index contributed by atoms with van der Waals surface area (Å²) >= 11 is 0. The van der Waals surface area contributed by atoms with E-state index in [9.17, 15) is 4.79 Å². The number of benzene rings is 2. The van der Waals surface area contributed by atoms with Crippen molar-refractivity contribution in [2.75, 3.05) is 18.0 Å². The molecule has 1 aliphatic rings. The fourth-order valence-electron chi connectivity index (χ4n) is 3.46. The maximum atomic E-state index is 13.1. The molecule has 0 spiro atoms. The van der Waals surface area contributed by atoms with Gasteiger partial charge in [-0.05, 0) is 41.8 Å². The van der Waals surface area contributed by atoms with E-state index in [1.807, 2.05) is 42.5 Å². The van der Waals surface area contributed by atoms with Crippen LogP contribution in [0.1, 0.15) is 16.9 Å². The Hall–Kier alpha value is -2.85. The van der Waals surface area contributed by atoms with Crippen LogP contribution in [0.2, 0.25) is 0 Å². The van der Waals surface area contributed by atoms with Gasteiger partial charge in [0.05, 0.1) is 19.4 Å². The highest BCUT2D eigenvalue weighted by atomic mass is 16.3. The Kier molecular flexibility index (Phi) is 4.84. The van der Waals surface area contributed by atoms with Crippen molar-refractivity contribution in [3.05, 3.63) is 89.9 Å². The fraction of sp³-hybridized carbons (Fsp3) is 0.227. The monoisotopic (exact) mass is 346 g/mol. The second-order valence-corrected chi connectivity index (χ2v) is 6.62. The maximum Gasteiger partial charge on any atom is 0.241 e. The Morgan fingerprint density at radius 1 is 0.962 bits per heavy atom. The highest BCUT2D eigenvalue weighted by Gasteiger charge is 2.23. The third-order valence-corrected chi connectivity index (χ3v) is 4.83. The van der Waals surface area contributed by atoms with Crippen molar-refractivity contribution >= 4 is 11.6 Å². The summed E-state index contributed by atoms with van der Waals surface area (Å²) in [6, 6.07) is 22.0. The van der Waals surface area contributed by atoms with Gasteiger partial charge in [-0.25, -0.2) is 0 Å². The van der Waals surface area contributed by atoms with Crippen molar-refractivity contribution < 1.29 is 9.21 Å². The molecule has 1 aliphatic heterocycles. The lowest BCUT2D eigenvalue weighted by Crippen LogP contribution is -2.42. The number of hydrogen-bond donors (Lipinski definition) is 0. The molecular formula is C22H22N2O2. The van der Waals surface area contributed by atoms with Gasteiger partial charge in [0.1, 0.15) is 5.76 Å². The summed E-state index contributed by atoms with van der Waals surface area (Å²) in [6.07, 6.45) is 2.64. The molecule has 0 radical (unpaired) electrons. The minimum atomic E-state index is 0.0898. The fourth-order valence-corrected chi connectivity index (χ4v) is 3.46. The van der Waals surface area contributed by atoms with Crippen molar-refractivity contribution in [3.8, 4) is 0 Å². The van der Waals surface area contributed by atoms with Crippen molar-refractivity contribution in [2.24, 2.45) is 0 Å². The van der Waals surface area contributed by atoms with Gasteiger partial charge in [0.15, 0.2) is 0 Å². The predicted molar refractivity (Wildman–Crippen MR) is 102 cm³/mol. The van der Waals surface area contributed by atoms with Crippen molar-refractivity contribution in [3.63, 3.8) is 0 Å². The second-order valence-electron chi connectivity index (χ2n) is 6.62. The molecule has 132 valence electrons. The molecule has 0 bridgehead atoms. The average molecular weight is 346 g/mol. The summed E-state index contributed by atoms with van der Waals surface area (Å²) in [6.45, 7) is 2.58. The van der Waals surface area contributed by atoms with Gasteiger partial charge in [-0.3, -0.25) is 9.69 Å². The van der Waals surface area contributed by atoms with E-state index in [0.29, 0.717) is 13.1 Å². The Morgan fingerprint density at radius 3 is 2.50 bits per heavy atom. The molecule has 4 nitrogen and oxygen atoms in total. The first-order chi connectivity index (χ1) is 12.8. The summed E-state index contributed by atoms with van der Waals surface area (Å²) in [4.78, 5) is 17.1. The van der Waals surface area contributed by atoms with Gasteiger partial charge in [0, 0.05) is 18.8 Å². The third-order valence-electron chi connectivity index (χ3n) is 4.83. The van der Waals surface area contributed by atoms with Crippen LogP contribution < -0.4 is 4.90 Å². The average Bonchev–Trinajstić information content (AvgIpc) is 3.20. The number of hydrogen-bond acceptors (Lipinski definition) is 3. The standard InChI is InChI=1S/C22H22N2O2/c25-22(17-23-13-12-18-7-4-5-8-19(18)15-23)24(16-21-11-6-14-26-21)20-9-2-1-3-10-20/h1-11,14H,12-13,15-17H2. The Labute approximate surface area is 153 Å². The molecule has 0 N–H and O–H groups in total. The van der Waals surface area contributed by atoms with Gasteiger partial charge in [-0.1, -0.05) is 42.5 Å². The van der Waals surface area contributed by atoms with Gasteiger partial charge < -0.3 is 9.32 Å². The number of furan rings is 1. The molecule has 2 aromatic carbocycles. The summed E-state index contributed by atoms with van der Waals surface area (Å²) in [5.41, 5.74) is 3.61. The van der Waals surface area contributed by atoms with E-state index in [1.165, 1.54) is 11.1 Å². The number of amides is 1. The molecular weight excluding hydrogens is 324 g/mol. The largest absolute Gasteiger partial charge is 0.467 e. The number of nitrogens with zero attached hydrogens (tertiary/aromatic N) is 2. The van der Waals surface area contributed by atoms with E-state index in [2.05, 4.69) is 29.2 Å². The van der Waals surface area contributed by atoms with Crippen LogP contribution in [0, 0.1) is 0 Å². The predicted octanol–water partition coefficient (Wildman–Crippen LogP) is 3.87. The highest BCUT2D eigenvalue weighted by molar-refractivity contribution is 5.94. The lowest BCUT2D eigenvalue weighted by molar-refractivity contribution is -0.120. The molecule has 0 saturated heterocycles. The zero-order valence-electron chi connectivity index (χ0n) is 14.7. The number of carbonyl (C=O) groups is 1. The Morgan fingerprint density at radius 2 is 1.73 bits per heavy atom. The Bertz CT molecular complexity index is 859. The minimum Gasteiger partial charge on any atom is -0.467 e. The van der Waals surface area contributed by atoms with E-state index in [1.54, 1.807) is 11.2 Å². The smallest absolute Gasteiger partial charge is 0.241 e. The molecule has 1 amide bonds. The normalized spacial score (nSPS) is 14.0. The van der Waals surface area contributed by atoms with Gasteiger partial charge in [-0.2, -0.15) is 0 Å².